The first-order valence-corrected chi connectivity index (χ1v) is 8.85. The summed E-state index contributed by atoms with van der Waals surface area (Å²) in [4.78, 5) is 12.1. The average molecular weight is 290 g/mol. The molecule has 1 saturated heterocycles. The van der Waals surface area contributed by atoms with Gasteiger partial charge in [-0.05, 0) is 43.3 Å². The minimum absolute atomic E-state index is 0.205. The van der Waals surface area contributed by atoms with E-state index in [2.05, 4.69) is 5.32 Å². The van der Waals surface area contributed by atoms with Crippen molar-refractivity contribution in [1.29, 1.82) is 0 Å². The molecule has 3 atom stereocenters. The van der Waals surface area contributed by atoms with E-state index >= 15 is 0 Å². The van der Waals surface area contributed by atoms with Crippen molar-refractivity contribution >= 4 is 29.3 Å². The Morgan fingerprint density at radius 1 is 1.11 bits per heavy atom. The fraction of sp³-hybridized carbons (Fsp3) is 0.929. The van der Waals surface area contributed by atoms with Crippen LogP contribution in [0.25, 0.3) is 0 Å². The molecule has 3 unspecified atom stereocenters. The molecule has 18 heavy (non-hydrogen) atoms. The van der Waals surface area contributed by atoms with Gasteiger partial charge in [0.05, 0.1) is 5.25 Å². The van der Waals surface area contributed by atoms with Gasteiger partial charge in [0.25, 0.3) is 0 Å². The van der Waals surface area contributed by atoms with E-state index in [0.29, 0.717) is 11.8 Å². The van der Waals surface area contributed by atoms with E-state index in [-0.39, 0.29) is 11.2 Å². The zero-order valence-electron chi connectivity index (χ0n) is 11.0. The van der Waals surface area contributed by atoms with E-state index in [9.17, 15) is 4.79 Å². The summed E-state index contributed by atoms with van der Waals surface area (Å²) in [6, 6.07) is 0. The van der Waals surface area contributed by atoms with Gasteiger partial charge in [-0.1, -0.05) is 19.3 Å². The molecule has 1 aliphatic heterocycles. The Bertz CT molecular complexity index is 269. The number of carbonyl (C=O) groups is 1. The fourth-order valence-corrected chi connectivity index (χ4v) is 4.68. The molecule has 2 nitrogen and oxygen atoms in total. The Hall–Kier alpha value is 0.110. The zero-order chi connectivity index (χ0) is 12.8. The number of hydrogen-bond acceptors (Lipinski definition) is 2. The van der Waals surface area contributed by atoms with E-state index in [1.807, 2.05) is 11.8 Å². The molecule has 0 spiro atoms. The van der Waals surface area contributed by atoms with Gasteiger partial charge >= 0.3 is 0 Å². The summed E-state index contributed by atoms with van der Waals surface area (Å²) in [5, 5.41) is 3.37. The number of thioether (sulfide) groups is 1. The van der Waals surface area contributed by atoms with Crippen LogP contribution in [0, 0.1) is 11.8 Å². The van der Waals surface area contributed by atoms with Crippen LogP contribution in [-0.4, -0.2) is 29.3 Å². The van der Waals surface area contributed by atoms with E-state index in [4.69, 9.17) is 11.6 Å². The summed E-state index contributed by atoms with van der Waals surface area (Å²) < 4.78 is 0. The van der Waals surface area contributed by atoms with E-state index < -0.39 is 0 Å². The molecule has 0 radical (unpaired) electrons. The van der Waals surface area contributed by atoms with Crippen LogP contribution in [0.15, 0.2) is 0 Å². The van der Waals surface area contributed by atoms with Gasteiger partial charge in [0.2, 0.25) is 5.91 Å². The lowest BCUT2D eigenvalue weighted by molar-refractivity contribution is -0.121. The van der Waals surface area contributed by atoms with Crippen LogP contribution in [0.5, 0.6) is 0 Å². The molecule has 0 aromatic heterocycles. The van der Waals surface area contributed by atoms with Crippen LogP contribution in [0.4, 0.5) is 0 Å². The monoisotopic (exact) mass is 289 g/mol. The lowest BCUT2D eigenvalue weighted by Gasteiger charge is -2.31. The van der Waals surface area contributed by atoms with Gasteiger partial charge in [-0.3, -0.25) is 4.79 Å². The summed E-state index contributed by atoms with van der Waals surface area (Å²) in [6.45, 7) is 0.841. The molecule has 2 fully saturated rings. The standard InChI is InChI=1S/C14H24ClNOS/c15-9-11-5-1-2-6-12(11)10-16-14(17)13-7-3-4-8-18-13/h11-13H,1-10H2,(H,16,17). The third-order valence-electron chi connectivity index (χ3n) is 4.28. The Morgan fingerprint density at radius 3 is 2.50 bits per heavy atom. The molecule has 1 aliphatic carbocycles. The van der Waals surface area contributed by atoms with Gasteiger partial charge in [0.15, 0.2) is 0 Å². The van der Waals surface area contributed by atoms with Crippen molar-refractivity contribution in [2.45, 2.75) is 50.2 Å². The molecular formula is C14H24ClNOS. The van der Waals surface area contributed by atoms with Crippen molar-refractivity contribution in [2.24, 2.45) is 11.8 Å². The summed E-state index contributed by atoms with van der Waals surface area (Å²) in [6.07, 6.45) is 8.61. The molecule has 4 heteroatoms. The fourth-order valence-electron chi connectivity index (χ4n) is 3.05. The van der Waals surface area contributed by atoms with Crippen LogP contribution in [0.3, 0.4) is 0 Å². The Kier molecular flexibility index (Phi) is 6.16. The maximum atomic E-state index is 12.1. The molecule has 1 saturated carbocycles. The van der Waals surface area contributed by atoms with Gasteiger partial charge in [0, 0.05) is 12.4 Å². The minimum Gasteiger partial charge on any atom is -0.355 e. The van der Waals surface area contributed by atoms with Gasteiger partial charge in [0.1, 0.15) is 0 Å². The predicted molar refractivity (Wildman–Crippen MR) is 79.3 cm³/mol. The summed E-state index contributed by atoms with van der Waals surface area (Å²) in [7, 11) is 0. The number of halogens is 1. The number of nitrogens with one attached hydrogen (secondary N) is 1. The first-order valence-electron chi connectivity index (χ1n) is 7.26. The van der Waals surface area contributed by atoms with E-state index in [0.717, 1.165) is 24.6 Å². The normalized spacial score (nSPS) is 33.1. The van der Waals surface area contributed by atoms with Crippen molar-refractivity contribution in [1.82, 2.24) is 5.32 Å². The second-order valence-electron chi connectivity index (χ2n) is 5.56. The van der Waals surface area contributed by atoms with Crippen LogP contribution in [0.2, 0.25) is 0 Å². The highest BCUT2D eigenvalue weighted by molar-refractivity contribution is 8.00. The first kappa shape index (κ1) is 14.5. The van der Waals surface area contributed by atoms with Crippen LogP contribution >= 0.6 is 23.4 Å². The van der Waals surface area contributed by atoms with Crippen molar-refractivity contribution in [2.75, 3.05) is 18.2 Å². The van der Waals surface area contributed by atoms with Crippen molar-refractivity contribution < 1.29 is 4.79 Å². The van der Waals surface area contributed by atoms with Gasteiger partial charge in [-0.2, -0.15) is 0 Å². The maximum absolute atomic E-state index is 12.1. The smallest absolute Gasteiger partial charge is 0.233 e. The first-order chi connectivity index (χ1) is 8.81. The minimum atomic E-state index is 0.205. The zero-order valence-corrected chi connectivity index (χ0v) is 12.6. The topological polar surface area (TPSA) is 29.1 Å². The molecule has 1 amide bonds. The van der Waals surface area contributed by atoms with Crippen LogP contribution in [0.1, 0.15) is 44.9 Å². The number of rotatable bonds is 4. The number of amides is 1. The quantitative estimate of drug-likeness (QED) is 0.804. The third-order valence-corrected chi connectivity index (χ3v) is 6.05. The van der Waals surface area contributed by atoms with Gasteiger partial charge in [-0.25, -0.2) is 0 Å². The largest absolute Gasteiger partial charge is 0.355 e. The lowest BCUT2D eigenvalue weighted by Crippen LogP contribution is -2.39. The van der Waals surface area contributed by atoms with Crippen molar-refractivity contribution in [3.8, 4) is 0 Å². The summed E-state index contributed by atoms with van der Waals surface area (Å²) in [5.41, 5.74) is 0. The Balaban J connectivity index is 1.73. The second kappa shape index (κ2) is 7.64. The van der Waals surface area contributed by atoms with E-state index in [1.165, 1.54) is 38.5 Å². The summed E-state index contributed by atoms with van der Waals surface area (Å²) in [5.74, 6) is 3.37. The molecule has 0 aromatic carbocycles. The maximum Gasteiger partial charge on any atom is 0.233 e. The Morgan fingerprint density at radius 2 is 1.83 bits per heavy atom. The Labute approximate surface area is 120 Å². The third kappa shape index (κ3) is 4.06. The van der Waals surface area contributed by atoms with Gasteiger partial charge in [-0.15, -0.1) is 23.4 Å². The highest BCUT2D eigenvalue weighted by Gasteiger charge is 2.26. The van der Waals surface area contributed by atoms with Gasteiger partial charge < -0.3 is 5.32 Å². The van der Waals surface area contributed by atoms with Crippen LogP contribution < -0.4 is 5.32 Å². The van der Waals surface area contributed by atoms with Crippen LogP contribution in [-0.2, 0) is 4.79 Å². The number of hydrogen-bond donors (Lipinski definition) is 1. The summed E-state index contributed by atoms with van der Waals surface area (Å²) >= 11 is 7.85. The number of alkyl halides is 1. The molecule has 2 rings (SSSR count). The SMILES string of the molecule is O=C(NCC1CCCCC1CCl)C1CCCCS1. The lowest BCUT2D eigenvalue weighted by atomic mass is 9.80. The highest BCUT2D eigenvalue weighted by Crippen LogP contribution is 2.31. The second-order valence-corrected chi connectivity index (χ2v) is 7.18. The average Bonchev–Trinajstić information content (AvgIpc) is 2.46. The molecule has 1 heterocycles. The molecule has 2 aliphatic rings. The molecule has 1 N–H and O–H groups in total. The van der Waals surface area contributed by atoms with E-state index in [1.54, 1.807) is 0 Å². The van der Waals surface area contributed by atoms with Crippen molar-refractivity contribution in [3.05, 3.63) is 0 Å². The molecule has 0 aromatic rings. The molecular weight excluding hydrogens is 266 g/mol. The predicted octanol–water partition coefficient (Wildman–Crippen LogP) is 3.43. The van der Waals surface area contributed by atoms with Crippen molar-refractivity contribution in [3.63, 3.8) is 0 Å². The molecule has 104 valence electrons. The molecule has 0 bridgehead atoms. The number of carbonyl (C=O) groups excluding carboxylic acids is 1. The highest BCUT2D eigenvalue weighted by atomic mass is 35.5.